The second-order valence-corrected chi connectivity index (χ2v) is 2.99. The van der Waals surface area contributed by atoms with Gasteiger partial charge in [0.25, 0.3) is 0 Å². The highest BCUT2D eigenvalue weighted by Gasteiger charge is 2.02. The summed E-state index contributed by atoms with van der Waals surface area (Å²) in [6.07, 6.45) is 0. The lowest BCUT2D eigenvalue weighted by Gasteiger charge is -2.06. The van der Waals surface area contributed by atoms with Crippen LogP contribution in [0.4, 0.5) is 9.18 Å². The molecule has 1 aromatic rings. The van der Waals surface area contributed by atoms with Crippen molar-refractivity contribution in [1.82, 2.24) is 10.6 Å². The van der Waals surface area contributed by atoms with E-state index >= 15 is 0 Å². The molecule has 0 atom stereocenters. The molecular formula is C10H14FN3O. The number of urea groups is 1. The first-order valence-electron chi connectivity index (χ1n) is 4.69. The monoisotopic (exact) mass is 211 g/mol. The summed E-state index contributed by atoms with van der Waals surface area (Å²) in [5, 5.41) is 5.05. The van der Waals surface area contributed by atoms with E-state index in [-0.39, 0.29) is 18.4 Å². The molecule has 0 aliphatic carbocycles. The lowest BCUT2D eigenvalue weighted by atomic mass is 10.2. The van der Waals surface area contributed by atoms with Gasteiger partial charge in [-0.15, -0.1) is 0 Å². The number of nitrogens with two attached hydrogens (primary N) is 1. The number of rotatable bonds is 4. The van der Waals surface area contributed by atoms with E-state index in [1.165, 1.54) is 6.07 Å². The summed E-state index contributed by atoms with van der Waals surface area (Å²) in [7, 11) is 0. The SMILES string of the molecule is NCCNC(=O)NCc1ccccc1F. The predicted molar refractivity (Wildman–Crippen MR) is 55.7 cm³/mol. The molecule has 2 amide bonds. The third-order valence-corrected chi connectivity index (χ3v) is 1.83. The summed E-state index contributed by atoms with van der Waals surface area (Å²) in [5.41, 5.74) is 5.66. The molecule has 15 heavy (non-hydrogen) atoms. The van der Waals surface area contributed by atoms with Crippen LogP contribution in [0.1, 0.15) is 5.56 Å². The molecule has 1 aromatic carbocycles. The Morgan fingerprint density at radius 2 is 2.07 bits per heavy atom. The Labute approximate surface area is 87.7 Å². The van der Waals surface area contributed by atoms with E-state index < -0.39 is 0 Å². The van der Waals surface area contributed by atoms with Crippen molar-refractivity contribution >= 4 is 6.03 Å². The zero-order chi connectivity index (χ0) is 11.1. The number of carbonyl (C=O) groups excluding carboxylic acids is 1. The van der Waals surface area contributed by atoms with E-state index in [0.717, 1.165) is 0 Å². The molecule has 0 radical (unpaired) electrons. The van der Waals surface area contributed by atoms with Crippen LogP contribution in [0.5, 0.6) is 0 Å². The van der Waals surface area contributed by atoms with Gasteiger partial charge < -0.3 is 16.4 Å². The Hall–Kier alpha value is -1.62. The molecule has 0 saturated heterocycles. The van der Waals surface area contributed by atoms with Gasteiger partial charge in [0.2, 0.25) is 0 Å². The van der Waals surface area contributed by atoms with Gasteiger partial charge in [-0.2, -0.15) is 0 Å². The normalized spacial score (nSPS) is 9.73. The van der Waals surface area contributed by atoms with Gasteiger partial charge in [-0.05, 0) is 6.07 Å². The van der Waals surface area contributed by atoms with Gasteiger partial charge in [0, 0.05) is 25.2 Å². The maximum atomic E-state index is 13.1. The first-order valence-corrected chi connectivity index (χ1v) is 4.69. The number of carbonyl (C=O) groups is 1. The van der Waals surface area contributed by atoms with Crippen LogP contribution in [0.2, 0.25) is 0 Å². The number of hydrogen-bond donors (Lipinski definition) is 3. The Morgan fingerprint density at radius 1 is 1.33 bits per heavy atom. The third kappa shape index (κ3) is 3.95. The first kappa shape index (κ1) is 11.5. The van der Waals surface area contributed by atoms with Crippen molar-refractivity contribution in [3.8, 4) is 0 Å². The van der Waals surface area contributed by atoms with Crippen LogP contribution in [-0.2, 0) is 6.54 Å². The van der Waals surface area contributed by atoms with Gasteiger partial charge in [0.15, 0.2) is 0 Å². The quantitative estimate of drug-likeness (QED) is 0.682. The largest absolute Gasteiger partial charge is 0.337 e. The van der Waals surface area contributed by atoms with E-state index in [9.17, 15) is 9.18 Å². The number of hydrogen-bond acceptors (Lipinski definition) is 2. The fourth-order valence-corrected chi connectivity index (χ4v) is 1.07. The van der Waals surface area contributed by atoms with Crippen LogP contribution >= 0.6 is 0 Å². The van der Waals surface area contributed by atoms with Gasteiger partial charge >= 0.3 is 6.03 Å². The van der Waals surface area contributed by atoms with Crippen molar-refractivity contribution in [2.75, 3.05) is 13.1 Å². The van der Waals surface area contributed by atoms with Crippen LogP contribution in [0.3, 0.4) is 0 Å². The summed E-state index contributed by atoms with van der Waals surface area (Å²) in [6.45, 7) is 0.958. The van der Waals surface area contributed by atoms with Crippen molar-refractivity contribution in [1.29, 1.82) is 0 Å². The molecule has 4 N–H and O–H groups in total. The summed E-state index contributed by atoms with van der Waals surface area (Å²) in [4.78, 5) is 11.1. The highest BCUT2D eigenvalue weighted by Crippen LogP contribution is 2.04. The average Bonchev–Trinajstić information content (AvgIpc) is 2.25. The minimum absolute atomic E-state index is 0.170. The van der Waals surface area contributed by atoms with Gasteiger partial charge in [-0.1, -0.05) is 18.2 Å². The minimum atomic E-state index is -0.344. The predicted octanol–water partition coefficient (Wildman–Crippen LogP) is 0.584. The van der Waals surface area contributed by atoms with Gasteiger partial charge in [-0.3, -0.25) is 0 Å². The van der Waals surface area contributed by atoms with Crippen molar-refractivity contribution in [2.24, 2.45) is 5.73 Å². The van der Waals surface area contributed by atoms with E-state index in [1.54, 1.807) is 18.2 Å². The van der Waals surface area contributed by atoms with Crippen LogP contribution < -0.4 is 16.4 Å². The molecule has 1 rings (SSSR count). The van der Waals surface area contributed by atoms with E-state index in [1.807, 2.05) is 0 Å². The molecule has 0 aliphatic heterocycles. The lowest BCUT2D eigenvalue weighted by molar-refractivity contribution is 0.240. The molecule has 5 heteroatoms. The fraction of sp³-hybridized carbons (Fsp3) is 0.300. The van der Waals surface area contributed by atoms with Gasteiger partial charge in [-0.25, -0.2) is 9.18 Å². The highest BCUT2D eigenvalue weighted by atomic mass is 19.1. The summed E-state index contributed by atoms with van der Waals surface area (Å²) >= 11 is 0. The zero-order valence-corrected chi connectivity index (χ0v) is 8.29. The van der Waals surface area contributed by atoms with Crippen molar-refractivity contribution < 1.29 is 9.18 Å². The minimum Gasteiger partial charge on any atom is -0.337 e. The second kappa shape index (κ2) is 5.98. The standard InChI is InChI=1S/C10H14FN3O/c11-9-4-2-1-3-8(9)7-14-10(15)13-6-5-12/h1-4H,5-7,12H2,(H2,13,14,15). The van der Waals surface area contributed by atoms with Crippen LogP contribution in [0.25, 0.3) is 0 Å². The molecule has 0 aliphatic rings. The molecule has 0 heterocycles. The van der Waals surface area contributed by atoms with E-state index in [2.05, 4.69) is 10.6 Å². The fourth-order valence-electron chi connectivity index (χ4n) is 1.07. The molecule has 0 fully saturated rings. The number of nitrogens with one attached hydrogen (secondary N) is 2. The summed E-state index contributed by atoms with van der Waals surface area (Å²) < 4.78 is 13.1. The number of halogens is 1. The second-order valence-electron chi connectivity index (χ2n) is 2.99. The van der Waals surface area contributed by atoms with Crippen molar-refractivity contribution in [2.45, 2.75) is 6.54 Å². The molecule has 0 saturated carbocycles. The Kier molecular flexibility index (Phi) is 4.56. The van der Waals surface area contributed by atoms with Gasteiger partial charge in [0.05, 0.1) is 0 Å². The first-order chi connectivity index (χ1) is 7.24. The Bertz CT molecular complexity index is 330. The molecular weight excluding hydrogens is 197 g/mol. The molecule has 4 nitrogen and oxygen atoms in total. The van der Waals surface area contributed by atoms with Gasteiger partial charge in [0.1, 0.15) is 5.82 Å². The summed E-state index contributed by atoms with van der Waals surface area (Å²) in [5.74, 6) is -0.323. The molecule has 0 bridgehead atoms. The van der Waals surface area contributed by atoms with E-state index in [0.29, 0.717) is 18.7 Å². The maximum Gasteiger partial charge on any atom is 0.315 e. The molecule has 0 unspecified atom stereocenters. The Balaban J connectivity index is 2.37. The van der Waals surface area contributed by atoms with Crippen LogP contribution in [-0.4, -0.2) is 19.1 Å². The van der Waals surface area contributed by atoms with Crippen molar-refractivity contribution in [3.63, 3.8) is 0 Å². The van der Waals surface area contributed by atoms with E-state index in [4.69, 9.17) is 5.73 Å². The summed E-state index contributed by atoms with van der Waals surface area (Å²) in [6, 6.07) is 5.96. The topological polar surface area (TPSA) is 67.1 Å². The molecule has 82 valence electrons. The van der Waals surface area contributed by atoms with Crippen LogP contribution in [0, 0.1) is 5.82 Å². The molecule has 0 spiro atoms. The third-order valence-electron chi connectivity index (χ3n) is 1.83. The average molecular weight is 211 g/mol. The van der Waals surface area contributed by atoms with Crippen LogP contribution in [0.15, 0.2) is 24.3 Å². The highest BCUT2D eigenvalue weighted by molar-refractivity contribution is 5.73. The maximum absolute atomic E-state index is 13.1. The zero-order valence-electron chi connectivity index (χ0n) is 8.29. The smallest absolute Gasteiger partial charge is 0.315 e. The Morgan fingerprint density at radius 3 is 2.73 bits per heavy atom. The molecule has 0 aromatic heterocycles. The lowest BCUT2D eigenvalue weighted by Crippen LogP contribution is -2.37. The van der Waals surface area contributed by atoms with Crippen molar-refractivity contribution in [3.05, 3.63) is 35.6 Å². The number of amides is 2. The number of benzene rings is 1.